The number of nitrogens with zero attached hydrogens (tertiary/aromatic N) is 5. The van der Waals surface area contributed by atoms with Crippen LogP contribution in [0.3, 0.4) is 0 Å². The SMILES string of the molecule is [2H]C([2H])([2H])C(C)c1nc(Oc2c(Cl)cc(-n3nc(C#N)c(=O)[nH]c3=O)cc2Cl)n[nH]c1=O. The van der Waals surface area contributed by atoms with Gasteiger partial charge in [0.05, 0.1) is 15.7 Å². The van der Waals surface area contributed by atoms with Crippen LogP contribution in [0.2, 0.25) is 10.0 Å². The molecule has 11 nitrogen and oxygen atoms in total. The van der Waals surface area contributed by atoms with Gasteiger partial charge in [-0.15, -0.1) is 10.2 Å². The summed E-state index contributed by atoms with van der Waals surface area (Å²) in [6.45, 7) is -1.19. The summed E-state index contributed by atoms with van der Waals surface area (Å²) in [5.41, 5.74) is -3.58. The molecule has 1 aromatic carbocycles. The third kappa shape index (κ3) is 4.03. The Morgan fingerprint density at radius 3 is 2.59 bits per heavy atom. The normalized spacial score (nSPS) is 13.7. The maximum atomic E-state index is 12.0. The fourth-order valence-corrected chi connectivity index (χ4v) is 2.73. The lowest BCUT2D eigenvalue weighted by atomic mass is 10.1. The van der Waals surface area contributed by atoms with Crippen LogP contribution in [0.15, 0.2) is 26.5 Å². The van der Waals surface area contributed by atoms with Crippen molar-refractivity contribution in [1.82, 2.24) is 29.9 Å². The van der Waals surface area contributed by atoms with Crippen molar-refractivity contribution >= 4 is 23.2 Å². The fraction of sp³-hybridized carbons (Fsp3) is 0.188. The number of H-pyrrole nitrogens is 2. The number of aromatic nitrogens is 6. The minimum absolute atomic E-state index is 0.00389. The zero-order chi connectivity index (χ0) is 23.8. The molecule has 0 aliphatic carbocycles. The number of benzene rings is 1. The molecule has 13 heteroatoms. The standard InChI is InChI=1S/C16H11Cl2N7O4/c1-6(2)11-14(27)22-23-15(20-11)29-12-8(17)3-7(4-9(12)18)25-16(28)21-13(26)10(5-19)24-25/h3-4,6H,1-2H3,(H,22,27)(H,21,26,28)/i1D3. The molecule has 1 unspecified atom stereocenters. The Morgan fingerprint density at radius 2 is 1.97 bits per heavy atom. The molecule has 0 radical (unpaired) electrons. The highest BCUT2D eigenvalue weighted by molar-refractivity contribution is 6.37. The van der Waals surface area contributed by atoms with E-state index in [4.69, 9.17) is 37.3 Å². The predicted molar refractivity (Wildman–Crippen MR) is 102 cm³/mol. The minimum atomic E-state index is -2.49. The van der Waals surface area contributed by atoms with Crippen LogP contribution in [0.4, 0.5) is 0 Å². The molecule has 0 fully saturated rings. The summed E-state index contributed by atoms with van der Waals surface area (Å²) < 4.78 is 28.5. The lowest BCUT2D eigenvalue weighted by Crippen LogP contribution is -2.33. The van der Waals surface area contributed by atoms with Crippen LogP contribution in [-0.4, -0.2) is 29.9 Å². The first kappa shape index (κ1) is 16.5. The number of ether oxygens (including phenoxy) is 1. The van der Waals surface area contributed by atoms with Crippen LogP contribution in [0.1, 0.15) is 35.2 Å². The molecular weight excluding hydrogens is 425 g/mol. The van der Waals surface area contributed by atoms with E-state index >= 15 is 0 Å². The Balaban J connectivity index is 2.03. The maximum absolute atomic E-state index is 12.0. The second kappa shape index (κ2) is 7.86. The molecule has 3 rings (SSSR count). The first-order valence-electron chi connectivity index (χ1n) is 9.20. The van der Waals surface area contributed by atoms with Gasteiger partial charge in [0.2, 0.25) is 5.69 Å². The average molecular weight is 439 g/mol. The van der Waals surface area contributed by atoms with E-state index in [9.17, 15) is 14.4 Å². The summed E-state index contributed by atoms with van der Waals surface area (Å²) in [6, 6.07) is 3.52. The van der Waals surface area contributed by atoms with Gasteiger partial charge < -0.3 is 4.74 Å². The van der Waals surface area contributed by atoms with E-state index in [-0.39, 0.29) is 27.2 Å². The van der Waals surface area contributed by atoms with Gasteiger partial charge in [-0.2, -0.15) is 14.9 Å². The third-order valence-electron chi connectivity index (χ3n) is 3.47. The largest absolute Gasteiger partial charge is 0.420 e. The van der Waals surface area contributed by atoms with Crippen LogP contribution >= 0.6 is 23.2 Å². The third-order valence-corrected chi connectivity index (χ3v) is 4.03. The van der Waals surface area contributed by atoms with Gasteiger partial charge in [-0.1, -0.05) is 37.0 Å². The van der Waals surface area contributed by atoms with Gasteiger partial charge in [-0.3, -0.25) is 14.6 Å². The summed E-state index contributed by atoms with van der Waals surface area (Å²) in [7, 11) is 0. The van der Waals surface area contributed by atoms with Gasteiger partial charge in [0.1, 0.15) is 11.8 Å². The minimum Gasteiger partial charge on any atom is -0.420 e. The maximum Gasteiger partial charge on any atom is 0.349 e. The second-order valence-electron chi connectivity index (χ2n) is 5.53. The molecule has 0 bridgehead atoms. The number of halogens is 2. The fourth-order valence-electron chi connectivity index (χ4n) is 2.18. The molecule has 0 saturated carbocycles. The number of hydrogen-bond acceptors (Lipinski definition) is 8. The first-order chi connectivity index (χ1) is 14.9. The molecule has 0 amide bonds. The average Bonchev–Trinajstić information content (AvgIpc) is 2.70. The van der Waals surface area contributed by atoms with Gasteiger partial charge in [0.15, 0.2) is 5.75 Å². The predicted octanol–water partition coefficient (Wildman–Crippen LogP) is 1.49. The van der Waals surface area contributed by atoms with Crippen molar-refractivity contribution in [2.24, 2.45) is 0 Å². The molecule has 0 spiro atoms. The van der Waals surface area contributed by atoms with Crippen molar-refractivity contribution in [3.8, 4) is 23.5 Å². The monoisotopic (exact) mass is 438 g/mol. The van der Waals surface area contributed by atoms with Gasteiger partial charge in [0.25, 0.3) is 11.1 Å². The van der Waals surface area contributed by atoms with Gasteiger partial charge in [-0.05, 0) is 12.1 Å². The molecule has 0 aliphatic rings. The molecule has 148 valence electrons. The smallest absolute Gasteiger partial charge is 0.349 e. The van der Waals surface area contributed by atoms with Crippen molar-refractivity contribution in [3.05, 3.63) is 64.8 Å². The van der Waals surface area contributed by atoms with Crippen LogP contribution in [0, 0.1) is 11.3 Å². The van der Waals surface area contributed by atoms with E-state index in [1.165, 1.54) is 19.1 Å². The summed E-state index contributed by atoms with van der Waals surface area (Å²) in [6.07, 6.45) is 0. The topological polar surface area (TPSA) is 159 Å². The first-order valence-corrected chi connectivity index (χ1v) is 8.45. The van der Waals surface area contributed by atoms with Crippen molar-refractivity contribution in [1.29, 1.82) is 5.26 Å². The highest BCUT2D eigenvalue weighted by atomic mass is 35.5. The summed E-state index contributed by atoms with van der Waals surface area (Å²) >= 11 is 12.4. The number of nitriles is 1. The van der Waals surface area contributed by atoms with Crippen LogP contribution < -0.4 is 21.5 Å². The highest BCUT2D eigenvalue weighted by Crippen LogP contribution is 2.37. The summed E-state index contributed by atoms with van der Waals surface area (Å²) in [4.78, 5) is 41.3. The zero-order valence-corrected chi connectivity index (χ0v) is 15.9. The lowest BCUT2D eigenvalue weighted by Gasteiger charge is -2.11. The molecule has 2 N–H and O–H groups in total. The van der Waals surface area contributed by atoms with Gasteiger partial charge in [-0.25, -0.2) is 9.89 Å². The van der Waals surface area contributed by atoms with E-state index < -0.39 is 41.3 Å². The molecule has 1 atom stereocenters. The quantitative estimate of drug-likeness (QED) is 0.619. The van der Waals surface area contributed by atoms with E-state index in [1.807, 2.05) is 4.98 Å². The lowest BCUT2D eigenvalue weighted by molar-refractivity contribution is 0.427. The Labute approximate surface area is 175 Å². The van der Waals surface area contributed by atoms with E-state index in [0.29, 0.717) is 4.68 Å². The Morgan fingerprint density at radius 1 is 1.28 bits per heavy atom. The van der Waals surface area contributed by atoms with E-state index in [0.717, 1.165) is 0 Å². The summed E-state index contributed by atoms with van der Waals surface area (Å²) in [5, 5.41) is 18.0. The van der Waals surface area contributed by atoms with E-state index in [2.05, 4.69) is 20.3 Å². The number of rotatable bonds is 4. The summed E-state index contributed by atoms with van der Waals surface area (Å²) in [5.74, 6) is -1.38. The van der Waals surface area contributed by atoms with Crippen molar-refractivity contribution in [3.63, 3.8) is 0 Å². The van der Waals surface area contributed by atoms with Crippen LogP contribution in [0.5, 0.6) is 11.8 Å². The van der Waals surface area contributed by atoms with Gasteiger partial charge in [0, 0.05) is 10.0 Å². The molecule has 2 heterocycles. The highest BCUT2D eigenvalue weighted by Gasteiger charge is 2.17. The molecule has 0 saturated heterocycles. The van der Waals surface area contributed by atoms with Crippen molar-refractivity contribution in [2.75, 3.05) is 0 Å². The Hall–Kier alpha value is -3.49. The van der Waals surface area contributed by atoms with Crippen LogP contribution in [0.25, 0.3) is 5.69 Å². The number of hydrogen-bond donors (Lipinski definition) is 2. The van der Waals surface area contributed by atoms with Crippen LogP contribution in [-0.2, 0) is 0 Å². The molecular formula is C16H11Cl2N7O4. The number of nitrogens with one attached hydrogen (secondary N) is 2. The molecule has 2 aromatic heterocycles. The molecule has 0 aliphatic heterocycles. The van der Waals surface area contributed by atoms with Gasteiger partial charge >= 0.3 is 11.7 Å². The second-order valence-corrected chi connectivity index (χ2v) is 6.34. The van der Waals surface area contributed by atoms with Crippen molar-refractivity contribution in [2.45, 2.75) is 19.7 Å². The van der Waals surface area contributed by atoms with E-state index in [1.54, 1.807) is 6.07 Å². The molecule has 29 heavy (non-hydrogen) atoms. The zero-order valence-electron chi connectivity index (χ0n) is 17.4. The van der Waals surface area contributed by atoms with Crippen molar-refractivity contribution < 1.29 is 8.85 Å². The Bertz CT molecular complexity index is 1400. The number of aromatic amines is 2. The Kier molecular flexibility index (Phi) is 4.46. The molecule has 3 aromatic rings.